The summed E-state index contributed by atoms with van der Waals surface area (Å²) in [5, 5.41) is 0. The zero-order valence-electron chi connectivity index (χ0n) is 36.4. The molecule has 2 heteroatoms. The van der Waals surface area contributed by atoms with E-state index in [1.165, 1.54) is 89.0 Å². The van der Waals surface area contributed by atoms with Crippen LogP contribution in [0.2, 0.25) is 0 Å². The highest BCUT2D eigenvalue weighted by atomic mass is 16.1. The summed E-state index contributed by atoms with van der Waals surface area (Å²) in [6.07, 6.45) is 0.913. The zero-order valence-corrected chi connectivity index (χ0v) is 36.4. The van der Waals surface area contributed by atoms with Crippen molar-refractivity contribution in [3.8, 4) is 55.6 Å². The highest BCUT2D eigenvalue weighted by molar-refractivity contribution is 5.98. The lowest BCUT2D eigenvalue weighted by molar-refractivity contribution is 0.112. The van der Waals surface area contributed by atoms with E-state index in [9.17, 15) is 4.79 Å². The molecule has 9 aromatic rings. The van der Waals surface area contributed by atoms with Crippen LogP contribution in [-0.4, -0.2) is 6.29 Å². The van der Waals surface area contributed by atoms with Gasteiger partial charge in [-0.3, -0.25) is 4.79 Å². The van der Waals surface area contributed by atoms with Gasteiger partial charge in [0.2, 0.25) is 0 Å². The smallest absolute Gasteiger partial charge is 0.150 e. The van der Waals surface area contributed by atoms with Gasteiger partial charge in [-0.1, -0.05) is 179 Å². The minimum Gasteiger partial charge on any atom is -0.310 e. The van der Waals surface area contributed by atoms with Crippen LogP contribution in [0.1, 0.15) is 82.6 Å². The van der Waals surface area contributed by atoms with Crippen LogP contribution in [0.4, 0.5) is 17.1 Å². The van der Waals surface area contributed by atoms with Gasteiger partial charge in [0.05, 0.1) is 5.41 Å². The van der Waals surface area contributed by atoms with Gasteiger partial charge >= 0.3 is 0 Å². The standard InChI is InChI=1S/C62H45NO/c1-60(2)52-17-9-5-13-44(52)48-30-26-41(34-56(48)60)63(42-27-31-49-45-14-6-10-18-53(45)61(3,4)57(49)35-42)43-28-32-51-50-29-25-40(39-23-21-38(37-64)22-24-39)33-58(50)62(59(51)36-43)54-19-11-7-15-46(54)47-16-8-12-20-55(47)62/h5-37H,1-4H3. The molecular weight excluding hydrogens is 775 g/mol. The Bertz CT molecular complexity index is 3320. The van der Waals surface area contributed by atoms with Crippen LogP contribution in [0.3, 0.4) is 0 Å². The molecule has 0 fully saturated rings. The highest BCUT2D eigenvalue weighted by Gasteiger charge is 2.52. The molecule has 2 nitrogen and oxygen atoms in total. The molecule has 0 atom stereocenters. The molecule has 0 bridgehead atoms. The van der Waals surface area contributed by atoms with Crippen LogP contribution in [0.5, 0.6) is 0 Å². The van der Waals surface area contributed by atoms with E-state index in [1.54, 1.807) is 0 Å². The second kappa shape index (κ2) is 13.0. The molecule has 0 N–H and O–H groups in total. The first-order valence-corrected chi connectivity index (χ1v) is 22.5. The first-order chi connectivity index (χ1) is 31.2. The lowest BCUT2D eigenvalue weighted by Crippen LogP contribution is -2.26. The van der Waals surface area contributed by atoms with Crippen molar-refractivity contribution in [1.29, 1.82) is 0 Å². The highest BCUT2D eigenvalue weighted by Crippen LogP contribution is 2.64. The summed E-state index contributed by atoms with van der Waals surface area (Å²) >= 11 is 0. The van der Waals surface area contributed by atoms with Crippen LogP contribution in [0, 0.1) is 0 Å². The minimum absolute atomic E-state index is 0.151. The van der Waals surface area contributed by atoms with E-state index in [0.717, 1.165) is 34.5 Å². The van der Waals surface area contributed by atoms with E-state index in [2.05, 4.69) is 215 Å². The molecule has 1 spiro atoms. The molecule has 64 heavy (non-hydrogen) atoms. The Balaban J connectivity index is 1.07. The average molecular weight is 820 g/mol. The van der Waals surface area contributed by atoms with Gasteiger partial charge in [0.15, 0.2) is 0 Å². The van der Waals surface area contributed by atoms with Crippen molar-refractivity contribution in [2.24, 2.45) is 0 Å². The van der Waals surface area contributed by atoms with Gasteiger partial charge in [-0.2, -0.15) is 0 Å². The SMILES string of the molecule is CC1(C)c2ccccc2-c2ccc(N(c3ccc4c(c3)C(C)(C)c3ccccc3-4)c3ccc4c(c3)C3(c5ccccc5-c5ccccc53)c3cc(-c5ccc(C=O)cc5)ccc3-4)cc21. The normalized spacial score (nSPS) is 15.3. The third-order valence-electron chi connectivity index (χ3n) is 15.4. The molecule has 0 saturated heterocycles. The average Bonchev–Trinajstić information content (AvgIpc) is 3.96. The van der Waals surface area contributed by atoms with Gasteiger partial charge in [0.25, 0.3) is 0 Å². The summed E-state index contributed by atoms with van der Waals surface area (Å²) < 4.78 is 0. The van der Waals surface area contributed by atoms with Crippen molar-refractivity contribution in [3.63, 3.8) is 0 Å². The molecule has 13 rings (SSSR count). The van der Waals surface area contributed by atoms with Crippen molar-refractivity contribution in [3.05, 3.63) is 244 Å². The molecule has 0 aromatic heterocycles. The number of hydrogen-bond donors (Lipinski definition) is 0. The van der Waals surface area contributed by atoms with Crippen LogP contribution < -0.4 is 4.90 Å². The third-order valence-corrected chi connectivity index (χ3v) is 15.4. The van der Waals surface area contributed by atoms with Crippen molar-refractivity contribution in [2.75, 3.05) is 4.90 Å². The fourth-order valence-corrected chi connectivity index (χ4v) is 12.3. The number of rotatable bonds is 5. The second-order valence-electron chi connectivity index (χ2n) is 19.2. The van der Waals surface area contributed by atoms with Crippen molar-refractivity contribution in [2.45, 2.75) is 43.9 Å². The molecule has 4 aliphatic carbocycles. The van der Waals surface area contributed by atoms with Gasteiger partial charge in [-0.25, -0.2) is 0 Å². The maximum Gasteiger partial charge on any atom is 0.150 e. The molecule has 0 radical (unpaired) electrons. The number of aldehydes is 1. The van der Waals surface area contributed by atoms with Crippen LogP contribution in [-0.2, 0) is 16.2 Å². The third kappa shape index (κ3) is 4.78. The summed E-state index contributed by atoms with van der Waals surface area (Å²) in [5.74, 6) is 0. The second-order valence-corrected chi connectivity index (χ2v) is 19.2. The van der Waals surface area contributed by atoms with E-state index in [1.807, 2.05) is 12.1 Å². The maximum atomic E-state index is 11.6. The van der Waals surface area contributed by atoms with Gasteiger partial charge in [-0.15, -0.1) is 0 Å². The van der Waals surface area contributed by atoms with Crippen LogP contribution >= 0.6 is 0 Å². The summed E-state index contributed by atoms with van der Waals surface area (Å²) in [6, 6.07) is 72.4. The van der Waals surface area contributed by atoms with E-state index < -0.39 is 5.41 Å². The number of fused-ring (bicyclic) bond motifs is 16. The quantitative estimate of drug-likeness (QED) is 0.161. The number of carbonyl (C=O) groups is 1. The number of nitrogens with zero attached hydrogens (tertiary/aromatic N) is 1. The zero-order chi connectivity index (χ0) is 43.1. The maximum absolute atomic E-state index is 11.6. The minimum atomic E-state index is -0.554. The molecule has 0 heterocycles. The topological polar surface area (TPSA) is 20.3 Å². The van der Waals surface area contributed by atoms with Gasteiger partial charge < -0.3 is 4.90 Å². The van der Waals surface area contributed by atoms with Gasteiger partial charge in [-0.05, 0) is 143 Å². The Hall–Kier alpha value is -7.55. The molecule has 4 aliphatic rings. The largest absolute Gasteiger partial charge is 0.310 e. The Morgan fingerprint density at radius 1 is 0.328 bits per heavy atom. The predicted octanol–water partition coefficient (Wildman–Crippen LogP) is 15.6. The molecule has 304 valence electrons. The van der Waals surface area contributed by atoms with Gasteiger partial charge in [0, 0.05) is 33.5 Å². The summed E-state index contributed by atoms with van der Waals surface area (Å²) in [4.78, 5) is 14.2. The molecule has 0 amide bonds. The number of carbonyl (C=O) groups excluding carboxylic acids is 1. The van der Waals surface area contributed by atoms with E-state index in [0.29, 0.717) is 5.56 Å². The van der Waals surface area contributed by atoms with E-state index in [4.69, 9.17) is 0 Å². The van der Waals surface area contributed by atoms with E-state index >= 15 is 0 Å². The van der Waals surface area contributed by atoms with Crippen molar-refractivity contribution >= 4 is 23.3 Å². The first kappa shape index (κ1) is 37.0. The summed E-state index contributed by atoms with van der Waals surface area (Å²) in [7, 11) is 0. The molecular formula is C62H45NO. The molecule has 0 aliphatic heterocycles. The fourth-order valence-electron chi connectivity index (χ4n) is 12.3. The van der Waals surface area contributed by atoms with Crippen LogP contribution in [0.15, 0.2) is 194 Å². The monoisotopic (exact) mass is 819 g/mol. The fraction of sp³-hybridized carbons (Fsp3) is 0.113. The van der Waals surface area contributed by atoms with Crippen molar-refractivity contribution in [1.82, 2.24) is 0 Å². The number of hydrogen-bond acceptors (Lipinski definition) is 2. The molecule has 0 saturated carbocycles. The van der Waals surface area contributed by atoms with E-state index in [-0.39, 0.29) is 10.8 Å². The molecule has 0 unspecified atom stereocenters. The lowest BCUT2D eigenvalue weighted by Gasteiger charge is -2.33. The Morgan fingerprint density at radius 2 is 0.672 bits per heavy atom. The summed E-state index contributed by atoms with van der Waals surface area (Å²) in [6.45, 7) is 9.49. The first-order valence-electron chi connectivity index (χ1n) is 22.5. The van der Waals surface area contributed by atoms with Gasteiger partial charge in [0.1, 0.15) is 6.29 Å². The Morgan fingerprint density at radius 3 is 1.14 bits per heavy atom. The number of benzene rings is 9. The predicted molar refractivity (Wildman–Crippen MR) is 263 cm³/mol. The molecule has 9 aromatic carbocycles. The van der Waals surface area contributed by atoms with Crippen LogP contribution in [0.25, 0.3) is 55.6 Å². The lowest BCUT2D eigenvalue weighted by atomic mass is 9.70. The summed E-state index contributed by atoms with van der Waals surface area (Å²) in [5.41, 5.74) is 26.4. The number of anilines is 3. The Labute approximate surface area is 375 Å². The Kier molecular flexibility index (Phi) is 7.53. The van der Waals surface area contributed by atoms with Crippen molar-refractivity contribution < 1.29 is 4.79 Å².